The third-order valence-corrected chi connectivity index (χ3v) is 5.08. The van der Waals surface area contributed by atoms with E-state index in [2.05, 4.69) is 4.74 Å². The molecule has 2 atom stereocenters. The minimum Gasteiger partial charge on any atom is -0.450 e. The second-order valence-electron chi connectivity index (χ2n) is 3.54. The summed E-state index contributed by atoms with van der Waals surface area (Å²) in [6, 6.07) is 6.64. The molecule has 0 heterocycles. The normalized spacial score (nSPS) is 29.8. The first-order valence-electron chi connectivity index (χ1n) is 4.53. The van der Waals surface area contributed by atoms with Gasteiger partial charge in [-0.3, -0.25) is 0 Å². The Hall–Kier alpha value is -0.350. The van der Waals surface area contributed by atoms with Crippen LogP contribution in [0.3, 0.4) is 0 Å². The highest BCUT2D eigenvalue weighted by Crippen LogP contribution is 2.63. The second-order valence-corrected chi connectivity index (χ2v) is 5.89. The van der Waals surface area contributed by atoms with Gasteiger partial charge in [0.1, 0.15) is 0 Å². The number of benzene rings is 1. The summed E-state index contributed by atoms with van der Waals surface area (Å²) in [5.41, 5.74) is 0.907. The van der Waals surface area contributed by atoms with Crippen molar-refractivity contribution in [2.75, 3.05) is 0 Å². The maximum Gasteiger partial charge on any atom is 0.507 e. The molecule has 1 aliphatic rings. The second kappa shape index (κ2) is 4.09. The molecule has 0 saturated carbocycles. The fourth-order valence-electron chi connectivity index (χ4n) is 1.79. The summed E-state index contributed by atoms with van der Waals surface area (Å²) in [6.45, 7) is 0. The van der Waals surface area contributed by atoms with Gasteiger partial charge in [-0.1, -0.05) is 59.1 Å². The molecule has 0 fully saturated rings. The fourth-order valence-corrected chi connectivity index (χ4v) is 3.05. The van der Waals surface area contributed by atoms with Crippen LogP contribution >= 0.6 is 46.4 Å². The lowest BCUT2D eigenvalue weighted by Gasteiger charge is -2.31. The third-order valence-electron chi connectivity index (χ3n) is 2.56. The molecule has 0 bridgehead atoms. The summed E-state index contributed by atoms with van der Waals surface area (Å²) in [6.07, 6.45) is -1.58. The molecule has 92 valence electrons. The first-order valence-corrected chi connectivity index (χ1v) is 6.10. The van der Waals surface area contributed by atoms with E-state index in [1.165, 1.54) is 0 Å². The van der Waals surface area contributed by atoms with Gasteiger partial charge in [0.2, 0.25) is 5.06 Å². The Balaban J connectivity index is 2.61. The van der Waals surface area contributed by atoms with Crippen molar-refractivity contribution in [1.29, 1.82) is 0 Å². The van der Waals surface area contributed by atoms with Crippen molar-refractivity contribution in [2.45, 2.75) is 14.8 Å². The van der Waals surface area contributed by atoms with Crippen LogP contribution in [0.4, 0.5) is 4.79 Å². The van der Waals surface area contributed by atoms with Crippen LogP contribution in [0.5, 0.6) is 0 Å². The monoisotopic (exact) mass is 314 g/mol. The van der Waals surface area contributed by atoms with Gasteiger partial charge >= 0.3 is 6.16 Å². The van der Waals surface area contributed by atoms with Crippen LogP contribution in [-0.2, 0) is 9.80 Å². The first-order chi connectivity index (χ1) is 7.80. The number of ether oxygens (including phenoxy) is 1. The van der Waals surface area contributed by atoms with Gasteiger partial charge in [-0.25, -0.2) is 4.79 Å². The number of hydrogen-bond donors (Lipinski definition) is 1. The zero-order chi connectivity index (χ0) is 12.8. The van der Waals surface area contributed by atoms with Crippen molar-refractivity contribution in [2.24, 2.45) is 0 Å². The zero-order valence-corrected chi connectivity index (χ0v) is 11.2. The van der Waals surface area contributed by atoms with E-state index in [4.69, 9.17) is 51.5 Å². The van der Waals surface area contributed by atoms with Gasteiger partial charge in [-0.05, 0) is 5.56 Å². The van der Waals surface area contributed by atoms with Crippen molar-refractivity contribution in [3.05, 3.63) is 35.4 Å². The number of carbonyl (C=O) groups is 1. The van der Waals surface area contributed by atoms with Crippen LogP contribution < -0.4 is 0 Å². The number of fused-ring (bicyclic) bond motifs is 1. The van der Waals surface area contributed by atoms with E-state index in [0.29, 0.717) is 11.1 Å². The van der Waals surface area contributed by atoms with Gasteiger partial charge in [0, 0.05) is 5.56 Å². The molecule has 0 saturated heterocycles. The van der Waals surface area contributed by atoms with Gasteiger partial charge in [0.15, 0.2) is 4.33 Å². The number of halogens is 4. The van der Waals surface area contributed by atoms with E-state index in [0.717, 1.165) is 0 Å². The van der Waals surface area contributed by atoms with Gasteiger partial charge in [-0.15, -0.1) is 11.6 Å². The maximum atomic E-state index is 10.7. The first kappa shape index (κ1) is 13.1. The molecule has 1 aliphatic carbocycles. The lowest BCUT2D eigenvalue weighted by molar-refractivity contribution is 0.0244. The lowest BCUT2D eigenvalue weighted by Crippen LogP contribution is -2.40. The standard InChI is InChI=1S/C10H6Cl4O3/c11-7-5-3-1-2-4-6(5)10(14,9(7,12)13)17-8(15)16/h1-4,7H,(H,15,16). The van der Waals surface area contributed by atoms with Crippen molar-refractivity contribution >= 4 is 52.6 Å². The Morgan fingerprint density at radius 3 is 2.47 bits per heavy atom. The van der Waals surface area contributed by atoms with Crippen LogP contribution in [0, 0.1) is 0 Å². The highest BCUT2D eigenvalue weighted by Gasteiger charge is 2.64. The Morgan fingerprint density at radius 1 is 1.29 bits per heavy atom. The highest BCUT2D eigenvalue weighted by molar-refractivity contribution is 6.57. The highest BCUT2D eigenvalue weighted by atomic mass is 35.5. The van der Waals surface area contributed by atoms with Crippen molar-refractivity contribution in [1.82, 2.24) is 0 Å². The number of alkyl halides is 4. The van der Waals surface area contributed by atoms with Gasteiger partial charge in [-0.2, -0.15) is 0 Å². The number of rotatable bonds is 1. The average Bonchev–Trinajstić information content (AvgIpc) is 2.39. The molecule has 1 aromatic carbocycles. The number of carboxylic acid groups (broad SMARTS) is 1. The molecule has 0 aromatic heterocycles. The van der Waals surface area contributed by atoms with Crippen molar-refractivity contribution in [3.63, 3.8) is 0 Å². The van der Waals surface area contributed by atoms with Crippen LogP contribution in [0.15, 0.2) is 24.3 Å². The molecule has 17 heavy (non-hydrogen) atoms. The van der Waals surface area contributed by atoms with Gasteiger partial charge < -0.3 is 9.84 Å². The number of hydrogen-bond acceptors (Lipinski definition) is 2. The Labute approximate surface area is 117 Å². The predicted octanol–water partition coefficient (Wildman–Crippen LogP) is 4.24. The van der Waals surface area contributed by atoms with E-state index in [1.54, 1.807) is 24.3 Å². The van der Waals surface area contributed by atoms with Crippen LogP contribution in [0.1, 0.15) is 16.5 Å². The quantitative estimate of drug-likeness (QED) is 0.623. The largest absolute Gasteiger partial charge is 0.507 e. The summed E-state index contributed by atoms with van der Waals surface area (Å²) >= 11 is 24.3. The molecule has 1 N–H and O–H groups in total. The summed E-state index contributed by atoms with van der Waals surface area (Å²) in [5.74, 6) is 0. The Bertz CT molecular complexity index is 476. The molecule has 0 amide bonds. The summed E-state index contributed by atoms with van der Waals surface area (Å²) in [4.78, 5) is 10.7. The van der Waals surface area contributed by atoms with E-state index < -0.39 is 20.9 Å². The van der Waals surface area contributed by atoms with E-state index in [9.17, 15) is 4.79 Å². The molecule has 0 aliphatic heterocycles. The minimum atomic E-state index is -1.91. The molecule has 0 radical (unpaired) electrons. The fraction of sp³-hybridized carbons (Fsp3) is 0.300. The minimum absolute atomic E-state index is 0.356. The van der Waals surface area contributed by atoms with Gasteiger partial charge in [0.25, 0.3) is 0 Å². The van der Waals surface area contributed by atoms with Crippen LogP contribution in [0.25, 0.3) is 0 Å². The molecular weight excluding hydrogens is 310 g/mol. The van der Waals surface area contributed by atoms with Crippen molar-refractivity contribution < 1.29 is 14.6 Å². The van der Waals surface area contributed by atoms with Gasteiger partial charge in [0.05, 0.1) is 5.38 Å². The zero-order valence-electron chi connectivity index (χ0n) is 8.16. The molecule has 7 heteroatoms. The smallest absolute Gasteiger partial charge is 0.450 e. The average molecular weight is 316 g/mol. The SMILES string of the molecule is O=C(O)OC1(Cl)c2ccccc2C(Cl)C1(Cl)Cl. The topological polar surface area (TPSA) is 46.5 Å². The summed E-state index contributed by atoms with van der Waals surface area (Å²) in [5, 5.41) is 5.94. The van der Waals surface area contributed by atoms with E-state index >= 15 is 0 Å². The van der Waals surface area contributed by atoms with Crippen LogP contribution in [-0.4, -0.2) is 15.6 Å². The molecule has 0 spiro atoms. The summed E-state index contributed by atoms with van der Waals surface area (Å²) < 4.78 is 2.86. The Morgan fingerprint density at radius 2 is 1.88 bits per heavy atom. The lowest BCUT2D eigenvalue weighted by atomic mass is 10.1. The molecule has 3 nitrogen and oxygen atoms in total. The van der Waals surface area contributed by atoms with Crippen molar-refractivity contribution in [3.8, 4) is 0 Å². The molecule has 2 unspecified atom stereocenters. The molecular formula is C10H6Cl4O3. The molecule has 1 aromatic rings. The predicted molar refractivity (Wildman–Crippen MR) is 66.1 cm³/mol. The van der Waals surface area contributed by atoms with Crippen LogP contribution in [0.2, 0.25) is 0 Å². The van der Waals surface area contributed by atoms with E-state index in [-0.39, 0.29) is 0 Å². The maximum absolute atomic E-state index is 10.7. The Kier molecular flexibility index (Phi) is 3.15. The summed E-state index contributed by atoms with van der Waals surface area (Å²) in [7, 11) is 0. The van der Waals surface area contributed by atoms with E-state index in [1.807, 2.05) is 0 Å². The molecule has 2 rings (SSSR count). The third kappa shape index (κ3) is 1.76.